The molecule has 0 saturated heterocycles. The Balaban J connectivity index is 0.00000151. The number of pyridine rings is 1. The molecule has 1 N–H and O–H groups in total. The van der Waals surface area contributed by atoms with E-state index in [1.165, 1.54) is 13.3 Å². The number of methoxy groups -OCH3 is 1. The van der Waals surface area contributed by atoms with E-state index in [4.69, 9.17) is 4.74 Å². The number of alkyl halides is 2. The van der Waals surface area contributed by atoms with Gasteiger partial charge in [0.25, 0.3) is 0 Å². The Labute approximate surface area is 148 Å². The maximum absolute atomic E-state index is 13.2. The van der Waals surface area contributed by atoms with Gasteiger partial charge in [-0.1, -0.05) is 32.6 Å². The number of hydrogen-bond acceptors (Lipinski definition) is 3. The predicted molar refractivity (Wildman–Crippen MR) is 96.9 cm³/mol. The van der Waals surface area contributed by atoms with Crippen LogP contribution in [0.25, 0.3) is 6.08 Å². The highest BCUT2D eigenvalue weighted by Gasteiger charge is 2.33. The van der Waals surface area contributed by atoms with Crippen molar-refractivity contribution in [2.75, 3.05) is 12.4 Å². The van der Waals surface area contributed by atoms with Crippen LogP contribution in [0.4, 0.5) is 14.6 Å². The van der Waals surface area contributed by atoms with Crippen molar-refractivity contribution in [3.05, 3.63) is 36.6 Å². The molecule has 1 aliphatic rings. The summed E-state index contributed by atoms with van der Waals surface area (Å²) in [7, 11) is 1.53. The molecule has 0 bridgehead atoms. The zero-order chi connectivity index (χ0) is 18.9. The SMILES string of the molecule is C=CC(=O)Nc1cc(/C=C/C2CCC(F)(F)CC2)c(OC)cn1.CC. The Kier molecular flexibility index (Phi) is 8.25. The monoisotopic (exact) mass is 352 g/mol. The van der Waals surface area contributed by atoms with Crippen molar-refractivity contribution in [3.63, 3.8) is 0 Å². The van der Waals surface area contributed by atoms with Gasteiger partial charge in [0.05, 0.1) is 13.3 Å². The van der Waals surface area contributed by atoms with Crippen LogP contribution in [0, 0.1) is 5.92 Å². The number of aromatic nitrogens is 1. The van der Waals surface area contributed by atoms with Crippen LogP contribution < -0.4 is 10.1 Å². The van der Waals surface area contributed by atoms with Gasteiger partial charge >= 0.3 is 0 Å². The lowest BCUT2D eigenvalue weighted by atomic mass is 9.86. The number of rotatable bonds is 5. The summed E-state index contributed by atoms with van der Waals surface area (Å²) in [6, 6.07) is 1.67. The Bertz CT molecular complexity index is 605. The largest absolute Gasteiger partial charge is 0.495 e. The highest BCUT2D eigenvalue weighted by Crippen LogP contribution is 2.37. The second kappa shape index (κ2) is 9.91. The number of nitrogens with one attached hydrogen (secondary N) is 1. The van der Waals surface area contributed by atoms with Gasteiger partial charge in [-0.05, 0) is 30.9 Å². The smallest absolute Gasteiger partial charge is 0.248 e. The van der Waals surface area contributed by atoms with E-state index in [0.717, 1.165) is 11.6 Å². The maximum atomic E-state index is 13.2. The molecule has 1 aromatic rings. The molecule has 0 radical (unpaired) electrons. The van der Waals surface area contributed by atoms with Gasteiger partial charge < -0.3 is 10.1 Å². The Hall–Kier alpha value is -2.24. The van der Waals surface area contributed by atoms with E-state index in [9.17, 15) is 13.6 Å². The summed E-state index contributed by atoms with van der Waals surface area (Å²) in [5, 5.41) is 2.58. The van der Waals surface area contributed by atoms with Crippen LogP contribution in [0.15, 0.2) is 31.0 Å². The molecule has 0 aromatic carbocycles. The molecule has 6 heteroatoms. The lowest BCUT2D eigenvalue weighted by molar-refractivity contribution is -0.111. The fourth-order valence-electron chi connectivity index (χ4n) is 2.50. The van der Waals surface area contributed by atoms with Crippen molar-refractivity contribution in [2.45, 2.75) is 45.5 Å². The third-order valence-electron chi connectivity index (χ3n) is 3.86. The number of anilines is 1. The lowest BCUT2D eigenvalue weighted by Crippen LogP contribution is -2.23. The fraction of sp³-hybridized carbons (Fsp3) is 0.474. The molecule has 138 valence electrons. The first kappa shape index (κ1) is 20.8. The van der Waals surface area contributed by atoms with E-state index >= 15 is 0 Å². The minimum absolute atomic E-state index is 0.0733. The second-order valence-electron chi connectivity index (χ2n) is 5.56. The van der Waals surface area contributed by atoms with E-state index in [1.807, 2.05) is 26.0 Å². The van der Waals surface area contributed by atoms with E-state index < -0.39 is 5.92 Å². The Morgan fingerprint density at radius 3 is 2.60 bits per heavy atom. The van der Waals surface area contributed by atoms with Gasteiger partial charge in [0.1, 0.15) is 11.6 Å². The van der Waals surface area contributed by atoms with Crippen molar-refractivity contribution in [3.8, 4) is 5.75 Å². The number of allylic oxidation sites excluding steroid dienone is 1. The molecular formula is C19H26F2N2O2. The molecule has 0 unspecified atom stereocenters. The molecule has 0 atom stereocenters. The molecule has 2 rings (SSSR count). The first-order valence-electron chi connectivity index (χ1n) is 8.47. The van der Waals surface area contributed by atoms with Crippen molar-refractivity contribution in [2.24, 2.45) is 5.92 Å². The van der Waals surface area contributed by atoms with E-state index in [2.05, 4.69) is 16.9 Å². The van der Waals surface area contributed by atoms with Crippen LogP contribution in [0.3, 0.4) is 0 Å². The Morgan fingerprint density at radius 2 is 2.04 bits per heavy atom. The Morgan fingerprint density at radius 1 is 1.40 bits per heavy atom. The number of ether oxygens (including phenoxy) is 1. The number of carbonyl (C=O) groups excluding carboxylic acids is 1. The predicted octanol–water partition coefficient (Wildman–Crippen LogP) is 5.08. The molecule has 0 spiro atoms. The summed E-state index contributed by atoms with van der Waals surface area (Å²) in [6.45, 7) is 7.38. The molecular weight excluding hydrogens is 326 g/mol. The van der Waals surface area contributed by atoms with Crippen molar-refractivity contribution < 1.29 is 18.3 Å². The standard InChI is InChI=1S/C17H20F2N2O2.C2H6/c1-3-16(22)21-15-10-13(14(23-2)11-20-15)5-4-12-6-8-17(18,19)9-7-12;1-2/h3-5,10-12H,1,6-9H2,2H3,(H,20,21,22);1-2H3/b5-4+;. The van der Waals surface area contributed by atoms with Gasteiger partial charge in [0.2, 0.25) is 11.8 Å². The normalized spacial score (nSPS) is 16.7. The zero-order valence-corrected chi connectivity index (χ0v) is 15.0. The van der Waals surface area contributed by atoms with Crippen LogP contribution in [-0.4, -0.2) is 23.9 Å². The van der Waals surface area contributed by atoms with Crippen molar-refractivity contribution in [1.82, 2.24) is 4.98 Å². The molecule has 1 saturated carbocycles. The third kappa shape index (κ3) is 6.64. The molecule has 1 fully saturated rings. The van der Waals surface area contributed by atoms with Crippen molar-refractivity contribution >= 4 is 17.8 Å². The summed E-state index contributed by atoms with van der Waals surface area (Å²) >= 11 is 0. The number of carbonyl (C=O) groups is 1. The van der Waals surface area contributed by atoms with Crippen LogP contribution >= 0.6 is 0 Å². The summed E-state index contributed by atoms with van der Waals surface area (Å²) in [5.74, 6) is -1.82. The van der Waals surface area contributed by atoms with Gasteiger partial charge in [-0.2, -0.15) is 0 Å². The highest BCUT2D eigenvalue weighted by molar-refractivity contribution is 5.98. The third-order valence-corrected chi connectivity index (χ3v) is 3.86. The summed E-state index contributed by atoms with van der Waals surface area (Å²) in [6.07, 6.45) is 7.21. The van der Waals surface area contributed by atoms with E-state index in [-0.39, 0.29) is 24.7 Å². The topological polar surface area (TPSA) is 51.2 Å². The first-order chi connectivity index (χ1) is 11.9. The van der Waals surface area contributed by atoms with Crippen LogP contribution in [-0.2, 0) is 4.79 Å². The van der Waals surface area contributed by atoms with Gasteiger partial charge in [0.15, 0.2) is 0 Å². The fourth-order valence-corrected chi connectivity index (χ4v) is 2.50. The average molecular weight is 352 g/mol. The molecule has 1 aliphatic carbocycles. The van der Waals surface area contributed by atoms with Gasteiger partial charge in [-0.3, -0.25) is 4.79 Å². The minimum Gasteiger partial charge on any atom is -0.495 e. The summed E-state index contributed by atoms with van der Waals surface area (Å²) < 4.78 is 31.6. The number of amides is 1. The zero-order valence-electron chi connectivity index (χ0n) is 15.0. The van der Waals surface area contributed by atoms with Gasteiger partial charge in [-0.15, -0.1) is 0 Å². The maximum Gasteiger partial charge on any atom is 0.248 e. The number of nitrogens with zero attached hydrogens (tertiary/aromatic N) is 1. The first-order valence-corrected chi connectivity index (χ1v) is 8.47. The highest BCUT2D eigenvalue weighted by atomic mass is 19.3. The van der Waals surface area contributed by atoms with E-state index in [0.29, 0.717) is 24.4 Å². The van der Waals surface area contributed by atoms with Crippen LogP contribution in [0.1, 0.15) is 45.1 Å². The quantitative estimate of drug-likeness (QED) is 0.752. The molecule has 4 nitrogen and oxygen atoms in total. The molecule has 1 heterocycles. The average Bonchev–Trinajstić information content (AvgIpc) is 2.62. The van der Waals surface area contributed by atoms with Crippen LogP contribution in [0.5, 0.6) is 5.75 Å². The number of hydrogen-bond donors (Lipinski definition) is 1. The molecule has 0 aliphatic heterocycles. The van der Waals surface area contributed by atoms with E-state index in [1.54, 1.807) is 6.07 Å². The van der Waals surface area contributed by atoms with Crippen molar-refractivity contribution in [1.29, 1.82) is 0 Å². The summed E-state index contributed by atoms with van der Waals surface area (Å²) in [4.78, 5) is 15.4. The van der Waals surface area contributed by atoms with Gasteiger partial charge in [0, 0.05) is 18.4 Å². The van der Waals surface area contributed by atoms with Gasteiger partial charge in [-0.25, -0.2) is 13.8 Å². The van der Waals surface area contributed by atoms with Crippen LogP contribution in [0.2, 0.25) is 0 Å². The summed E-state index contributed by atoms with van der Waals surface area (Å²) in [5.41, 5.74) is 0.735. The molecule has 1 aromatic heterocycles. The molecule has 1 amide bonds. The minimum atomic E-state index is -2.53. The molecule has 25 heavy (non-hydrogen) atoms. The number of halogens is 2. The second-order valence-corrected chi connectivity index (χ2v) is 5.56. The lowest BCUT2D eigenvalue weighted by Gasteiger charge is -2.26.